The third-order valence-electron chi connectivity index (χ3n) is 3.24. The summed E-state index contributed by atoms with van der Waals surface area (Å²) in [5.41, 5.74) is 0.795. The Hall–Kier alpha value is -0.720. The Morgan fingerprint density at radius 2 is 2.39 bits per heavy atom. The fourth-order valence-corrected chi connectivity index (χ4v) is 2.68. The van der Waals surface area contributed by atoms with Crippen molar-refractivity contribution in [1.29, 1.82) is 0 Å². The van der Waals surface area contributed by atoms with Crippen molar-refractivity contribution in [1.82, 2.24) is 20.2 Å². The predicted octanol–water partition coefficient (Wildman–Crippen LogP) is 1.25. The summed E-state index contributed by atoms with van der Waals surface area (Å²) in [6.45, 7) is 6.05. The van der Waals surface area contributed by atoms with E-state index in [0.29, 0.717) is 10.8 Å². The first kappa shape index (κ1) is 15.3. The van der Waals surface area contributed by atoms with E-state index in [4.69, 9.17) is 0 Å². The van der Waals surface area contributed by atoms with Crippen LogP contribution in [0.2, 0.25) is 0 Å². The van der Waals surface area contributed by atoms with Gasteiger partial charge in [0.15, 0.2) is 0 Å². The number of nitrogens with one attached hydrogen (secondary N) is 2. The molecule has 1 saturated heterocycles. The van der Waals surface area contributed by atoms with Gasteiger partial charge < -0.3 is 10.6 Å². The number of rotatable bonds is 3. The van der Waals surface area contributed by atoms with E-state index < -0.39 is 0 Å². The third-order valence-corrected chi connectivity index (χ3v) is 4.01. The lowest BCUT2D eigenvalue weighted by molar-refractivity contribution is 0.0918. The van der Waals surface area contributed by atoms with E-state index in [9.17, 15) is 4.79 Å². The van der Waals surface area contributed by atoms with E-state index in [0.717, 1.165) is 31.6 Å². The lowest BCUT2D eigenvalue weighted by atomic mass is 9.95. The van der Waals surface area contributed by atoms with Crippen molar-refractivity contribution in [3.63, 3.8) is 0 Å². The fraction of sp³-hybridized carbons (Fsp3) is 0.727. The normalized spacial score (nSPS) is 23.2. The number of halogens is 1. The lowest BCUT2D eigenvalue weighted by Gasteiger charge is -2.30. The minimum absolute atomic E-state index is 0. The van der Waals surface area contributed by atoms with E-state index in [2.05, 4.69) is 27.1 Å². The number of carbonyl (C=O) groups is 1. The van der Waals surface area contributed by atoms with Crippen LogP contribution in [0.15, 0.2) is 0 Å². The number of carbonyl (C=O) groups excluding carboxylic acids is 1. The molecule has 0 bridgehead atoms. The molecule has 7 heteroatoms. The summed E-state index contributed by atoms with van der Waals surface area (Å²) in [7, 11) is 0. The average Bonchev–Trinajstić information content (AvgIpc) is 2.80. The second-order valence-electron chi connectivity index (χ2n) is 4.45. The summed E-state index contributed by atoms with van der Waals surface area (Å²) in [6.07, 6.45) is 1.85. The molecule has 1 fully saturated rings. The third kappa shape index (κ3) is 3.40. The Labute approximate surface area is 117 Å². The van der Waals surface area contributed by atoms with Crippen molar-refractivity contribution >= 4 is 29.8 Å². The Bertz CT molecular complexity index is 398. The Morgan fingerprint density at radius 3 is 3.06 bits per heavy atom. The van der Waals surface area contributed by atoms with Gasteiger partial charge in [-0.15, -0.1) is 17.5 Å². The first-order chi connectivity index (χ1) is 8.22. The number of nitrogens with zero attached hydrogens (tertiary/aromatic N) is 2. The molecule has 2 atom stereocenters. The number of hydrogen-bond acceptors (Lipinski definition) is 5. The Morgan fingerprint density at radius 1 is 1.61 bits per heavy atom. The highest BCUT2D eigenvalue weighted by Gasteiger charge is 2.24. The van der Waals surface area contributed by atoms with Crippen LogP contribution in [-0.4, -0.2) is 34.6 Å². The quantitative estimate of drug-likeness (QED) is 0.879. The molecule has 2 rings (SSSR count). The highest BCUT2D eigenvalue weighted by atomic mass is 35.5. The molecule has 0 saturated carbocycles. The second-order valence-corrected chi connectivity index (χ2v) is 5.21. The van der Waals surface area contributed by atoms with Gasteiger partial charge in [-0.25, -0.2) is 0 Å². The van der Waals surface area contributed by atoms with Crippen LogP contribution in [0.25, 0.3) is 0 Å². The van der Waals surface area contributed by atoms with Crippen molar-refractivity contribution in [2.75, 3.05) is 13.1 Å². The summed E-state index contributed by atoms with van der Waals surface area (Å²) in [5.74, 6) is 0.489. The molecule has 2 unspecified atom stereocenters. The SMILES string of the molecule is CCc1nnsc1C(=O)NC1CNCCC1C.Cl. The first-order valence-electron chi connectivity index (χ1n) is 6.05. The molecule has 2 N–H and O–H groups in total. The largest absolute Gasteiger partial charge is 0.347 e. The average molecular weight is 291 g/mol. The zero-order valence-corrected chi connectivity index (χ0v) is 12.2. The van der Waals surface area contributed by atoms with Crippen molar-refractivity contribution in [3.05, 3.63) is 10.6 Å². The molecule has 0 spiro atoms. The van der Waals surface area contributed by atoms with Crippen LogP contribution >= 0.6 is 23.9 Å². The van der Waals surface area contributed by atoms with E-state index in [1.54, 1.807) is 0 Å². The van der Waals surface area contributed by atoms with Crippen LogP contribution in [0.5, 0.6) is 0 Å². The zero-order valence-electron chi connectivity index (χ0n) is 10.6. The standard InChI is InChI=1S/C11H18N4OS.ClH/c1-3-8-10(17-15-14-8)11(16)13-9-6-12-5-4-7(9)2;/h7,9,12H,3-6H2,1-2H3,(H,13,16);1H. The van der Waals surface area contributed by atoms with Gasteiger partial charge in [0, 0.05) is 12.6 Å². The molecule has 2 heterocycles. The van der Waals surface area contributed by atoms with Gasteiger partial charge in [0.25, 0.3) is 5.91 Å². The molecule has 1 aliphatic heterocycles. The van der Waals surface area contributed by atoms with Crippen molar-refractivity contribution in [2.24, 2.45) is 5.92 Å². The molecular weight excluding hydrogens is 272 g/mol. The highest BCUT2D eigenvalue weighted by Crippen LogP contribution is 2.15. The minimum Gasteiger partial charge on any atom is -0.347 e. The van der Waals surface area contributed by atoms with Crippen molar-refractivity contribution in [3.8, 4) is 0 Å². The van der Waals surface area contributed by atoms with Crippen molar-refractivity contribution in [2.45, 2.75) is 32.7 Å². The van der Waals surface area contributed by atoms with Gasteiger partial charge in [0.05, 0.1) is 5.69 Å². The summed E-state index contributed by atoms with van der Waals surface area (Å²) >= 11 is 1.18. The molecule has 0 aromatic carbocycles. The van der Waals surface area contributed by atoms with E-state index >= 15 is 0 Å². The monoisotopic (exact) mass is 290 g/mol. The van der Waals surface area contributed by atoms with Crippen LogP contribution in [0.4, 0.5) is 0 Å². The smallest absolute Gasteiger partial charge is 0.265 e. The number of aryl methyl sites for hydroxylation is 1. The van der Waals surface area contributed by atoms with Gasteiger partial charge in [0.2, 0.25) is 0 Å². The van der Waals surface area contributed by atoms with Crippen molar-refractivity contribution < 1.29 is 4.79 Å². The van der Waals surface area contributed by atoms with E-state index in [1.165, 1.54) is 11.5 Å². The molecular formula is C11H19ClN4OS. The maximum atomic E-state index is 12.1. The van der Waals surface area contributed by atoms with Gasteiger partial charge in [-0.3, -0.25) is 4.79 Å². The van der Waals surface area contributed by atoms with Crippen LogP contribution in [0.1, 0.15) is 35.6 Å². The predicted molar refractivity (Wildman–Crippen MR) is 74.4 cm³/mol. The van der Waals surface area contributed by atoms with Gasteiger partial charge in [-0.2, -0.15) is 0 Å². The van der Waals surface area contributed by atoms with Gasteiger partial charge in [-0.05, 0) is 36.8 Å². The summed E-state index contributed by atoms with van der Waals surface area (Å²) in [5, 5.41) is 10.3. The lowest BCUT2D eigenvalue weighted by Crippen LogP contribution is -2.50. The van der Waals surface area contributed by atoms with Crippen LogP contribution in [0.3, 0.4) is 0 Å². The molecule has 102 valence electrons. The van der Waals surface area contributed by atoms with E-state index in [1.807, 2.05) is 6.92 Å². The second kappa shape index (κ2) is 7.01. The Balaban J connectivity index is 0.00000162. The number of piperidine rings is 1. The zero-order chi connectivity index (χ0) is 12.3. The molecule has 0 aliphatic carbocycles. The molecule has 5 nitrogen and oxygen atoms in total. The maximum absolute atomic E-state index is 12.1. The molecule has 0 radical (unpaired) electrons. The molecule has 1 aromatic rings. The Kier molecular flexibility index (Phi) is 5.98. The highest BCUT2D eigenvalue weighted by molar-refractivity contribution is 7.08. The van der Waals surface area contributed by atoms with E-state index in [-0.39, 0.29) is 24.4 Å². The van der Waals surface area contributed by atoms with Crippen LogP contribution in [0, 0.1) is 5.92 Å². The summed E-state index contributed by atoms with van der Waals surface area (Å²) in [6, 6.07) is 0.211. The van der Waals surface area contributed by atoms with Crippen LogP contribution in [-0.2, 0) is 6.42 Å². The molecule has 1 amide bonds. The van der Waals surface area contributed by atoms with Gasteiger partial charge >= 0.3 is 0 Å². The molecule has 18 heavy (non-hydrogen) atoms. The molecule has 1 aliphatic rings. The maximum Gasteiger partial charge on any atom is 0.265 e. The van der Waals surface area contributed by atoms with Gasteiger partial charge in [0.1, 0.15) is 4.88 Å². The fourth-order valence-electron chi connectivity index (χ4n) is 2.03. The summed E-state index contributed by atoms with van der Waals surface area (Å²) in [4.78, 5) is 12.7. The minimum atomic E-state index is -0.0302. The molecule has 1 aromatic heterocycles. The number of amides is 1. The topological polar surface area (TPSA) is 66.9 Å². The van der Waals surface area contributed by atoms with Gasteiger partial charge in [-0.1, -0.05) is 18.3 Å². The first-order valence-corrected chi connectivity index (χ1v) is 6.82. The summed E-state index contributed by atoms with van der Waals surface area (Å²) < 4.78 is 3.84. The number of hydrogen-bond donors (Lipinski definition) is 2. The number of aromatic nitrogens is 2. The van der Waals surface area contributed by atoms with Crippen LogP contribution < -0.4 is 10.6 Å².